The molecule has 0 bridgehead atoms. The van der Waals surface area contributed by atoms with Crippen LogP contribution in [0.15, 0.2) is 65.6 Å². The number of hydrogen-bond acceptors (Lipinski definition) is 11. The smallest absolute Gasteiger partial charge is 0.236 e. The van der Waals surface area contributed by atoms with Gasteiger partial charge in [0.2, 0.25) is 18.2 Å². The van der Waals surface area contributed by atoms with Crippen molar-refractivity contribution < 1.29 is 42.6 Å². The van der Waals surface area contributed by atoms with Gasteiger partial charge in [-0.15, -0.1) is 11.8 Å². The Bertz CT molecular complexity index is 1650. The molecule has 0 aliphatic carbocycles. The van der Waals surface area contributed by atoms with Crippen LogP contribution < -0.4 is 18.9 Å². The molecule has 1 atom stereocenters. The first-order valence-electron chi connectivity index (χ1n) is 17.6. The molecule has 0 amide bonds. The van der Waals surface area contributed by atoms with Gasteiger partial charge >= 0.3 is 0 Å². The lowest BCUT2D eigenvalue weighted by Gasteiger charge is -2.39. The maximum atomic E-state index is 14.7. The van der Waals surface area contributed by atoms with Gasteiger partial charge in [0.15, 0.2) is 5.78 Å². The number of hydrogen-bond donors (Lipinski definition) is 0. The molecule has 1 aliphatic heterocycles. The van der Waals surface area contributed by atoms with Gasteiger partial charge in [-0.2, -0.15) is 0 Å². The van der Waals surface area contributed by atoms with Crippen molar-refractivity contribution in [3.63, 3.8) is 0 Å². The van der Waals surface area contributed by atoms with Gasteiger partial charge in [-0.3, -0.25) is 19.3 Å². The van der Waals surface area contributed by atoms with Crippen LogP contribution in [-0.2, 0) is 9.30 Å². The summed E-state index contributed by atoms with van der Waals surface area (Å²) in [5.41, 5.74) is -1.40. The number of ketones is 1. The van der Waals surface area contributed by atoms with E-state index in [0.717, 1.165) is 18.7 Å². The standard InChI is InChI=1S/C26H35O7P.C15H21NO2S/c1-17(15-26(2,3)4)16-34(29,24(27)22-18(30-5)11-9-12-19(22)31-6)25(28)23-20(32-7)13-10-14-21(23)33-8;1-15(2,16-8-10-18-11-9-16)14(17)12-4-6-13(19-3)7-5-12/h9-14,17H,15-16H2,1-8H3;4-7H,8-11H2,1-3H3. The average molecular weight is 770 g/mol. The van der Waals surface area contributed by atoms with Crippen molar-refractivity contribution in [2.45, 2.75) is 58.4 Å². The molecular weight excluding hydrogens is 713 g/mol. The maximum absolute atomic E-state index is 14.7. The van der Waals surface area contributed by atoms with E-state index < -0.39 is 23.7 Å². The van der Waals surface area contributed by atoms with E-state index in [-0.39, 0.29) is 57.4 Å². The third kappa shape index (κ3) is 10.7. The van der Waals surface area contributed by atoms with Crippen LogP contribution in [0.1, 0.15) is 79.0 Å². The molecule has 1 heterocycles. The molecule has 0 aromatic heterocycles. The Balaban J connectivity index is 0.000000334. The van der Waals surface area contributed by atoms with Crippen molar-refractivity contribution in [3.05, 3.63) is 77.4 Å². The number of carbonyl (C=O) groups is 3. The fourth-order valence-corrected chi connectivity index (χ4v) is 9.75. The minimum absolute atomic E-state index is 0.0130. The molecule has 1 unspecified atom stereocenters. The predicted molar refractivity (Wildman–Crippen MR) is 212 cm³/mol. The van der Waals surface area contributed by atoms with Crippen LogP contribution in [0.2, 0.25) is 0 Å². The lowest BCUT2D eigenvalue weighted by Crippen LogP contribution is -2.54. The highest BCUT2D eigenvalue weighted by Crippen LogP contribution is 2.58. The summed E-state index contributed by atoms with van der Waals surface area (Å²) in [7, 11) is 1.38. The van der Waals surface area contributed by atoms with Gasteiger partial charge in [0, 0.05) is 29.7 Å². The fourth-order valence-electron chi connectivity index (χ4n) is 6.65. The maximum Gasteiger partial charge on any atom is 0.236 e. The highest BCUT2D eigenvalue weighted by molar-refractivity contribution is 7.98. The zero-order chi connectivity index (χ0) is 39.6. The Kier molecular flexibility index (Phi) is 15.8. The van der Waals surface area contributed by atoms with Gasteiger partial charge in [0.25, 0.3) is 0 Å². The van der Waals surface area contributed by atoms with Crippen LogP contribution in [0.3, 0.4) is 0 Å². The molecule has 0 spiro atoms. The van der Waals surface area contributed by atoms with E-state index in [2.05, 4.69) is 25.7 Å². The van der Waals surface area contributed by atoms with Gasteiger partial charge in [-0.05, 0) is 74.3 Å². The largest absolute Gasteiger partial charge is 0.496 e. The molecule has 1 fully saturated rings. The van der Waals surface area contributed by atoms with Gasteiger partial charge in [0.1, 0.15) is 34.1 Å². The van der Waals surface area contributed by atoms with Crippen molar-refractivity contribution in [2.75, 3.05) is 67.2 Å². The van der Waals surface area contributed by atoms with Crippen molar-refractivity contribution in [1.29, 1.82) is 0 Å². The van der Waals surface area contributed by atoms with Gasteiger partial charge in [-0.1, -0.05) is 52.0 Å². The van der Waals surface area contributed by atoms with Crippen LogP contribution in [-0.4, -0.2) is 94.4 Å². The molecule has 4 rings (SSSR count). The summed E-state index contributed by atoms with van der Waals surface area (Å²) in [5, 5.41) is 0. The minimum atomic E-state index is -4.25. The van der Waals surface area contributed by atoms with E-state index >= 15 is 0 Å². The summed E-state index contributed by atoms with van der Waals surface area (Å²) in [4.78, 5) is 44.1. The lowest BCUT2D eigenvalue weighted by molar-refractivity contribution is -0.00430. The Morgan fingerprint density at radius 3 is 1.53 bits per heavy atom. The summed E-state index contributed by atoms with van der Waals surface area (Å²) in [6.45, 7) is 15.1. The molecule has 1 saturated heterocycles. The molecule has 0 N–H and O–H groups in total. The van der Waals surface area contributed by atoms with Crippen molar-refractivity contribution in [3.8, 4) is 23.0 Å². The molecule has 53 heavy (non-hydrogen) atoms. The SMILES string of the molecule is COc1cccc(OC)c1C(=O)P(=O)(CC(C)CC(C)(C)C)C(=O)c1c(OC)cccc1OC.CSc1ccc(C(=O)C(C)(C)N2CCOCC2)cc1. The second kappa shape index (κ2) is 19.1. The number of ether oxygens (including phenoxy) is 5. The molecule has 10 nitrogen and oxygen atoms in total. The molecule has 1 aliphatic rings. The first kappa shape index (κ1) is 43.8. The average Bonchev–Trinajstić information content (AvgIpc) is 3.15. The fraction of sp³-hybridized carbons (Fsp3) is 0.488. The number of nitrogens with zero attached hydrogens (tertiary/aromatic N) is 1. The second-order valence-corrected chi connectivity index (χ2v) is 18.2. The molecule has 0 radical (unpaired) electrons. The summed E-state index contributed by atoms with van der Waals surface area (Å²) in [6, 6.07) is 17.5. The number of Topliss-reactive ketones (excluding diaryl/α,β-unsaturated/α-hetero) is 1. The third-order valence-corrected chi connectivity index (χ3v) is 12.8. The quantitative estimate of drug-likeness (QED) is 0.0839. The molecular formula is C41H56NO9PS. The predicted octanol–water partition coefficient (Wildman–Crippen LogP) is 8.84. The third-order valence-electron chi connectivity index (χ3n) is 9.18. The topological polar surface area (TPSA) is 118 Å². The van der Waals surface area contributed by atoms with E-state index in [1.807, 2.05) is 51.3 Å². The summed E-state index contributed by atoms with van der Waals surface area (Å²) in [5.74, 6) is 0.753. The lowest BCUT2D eigenvalue weighted by atomic mass is 9.86. The Hall–Kier alpha value is -3.63. The van der Waals surface area contributed by atoms with E-state index in [1.165, 1.54) is 33.3 Å². The Morgan fingerprint density at radius 2 is 1.17 bits per heavy atom. The van der Waals surface area contributed by atoms with E-state index in [1.54, 1.807) is 48.2 Å². The summed E-state index contributed by atoms with van der Waals surface area (Å²) in [6.07, 6.45) is 2.60. The van der Waals surface area contributed by atoms with E-state index in [0.29, 0.717) is 19.6 Å². The Labute approximate surface area is 319 Å². The molecule has 12 heteroatoms. The number of benzene rings is 3. The Morgan fingerprint density at radius 1 is 0.755 bits per heavy atom. The number of morpholine rings is 1. The monoisotopic (exact) mass is 769 g/mol. The van der Waals surface area contributed by atoms with Gasteiger partial charge < -0.3 is 28.2 Å². The normalized spacial score (nSPS) is 14.3. The van der Waals surface area contributed by atoms with Gasteiger partial charge in [0.05, 0.1) is 47.2 Å². The van der Waals surface area contributed by atoms with Crippen LogP contribution in [0.4, 0.5) is 0 Å². The number of rotatable bonds is 15. The van der Waals surface area contributed by atoms with Crippen LogP contribution >= 0.6 is 18.9 Å². The second-order valence-electron chi connectivity index (χ2n) is 14.7. The van der Waals surface area contributed by atoms with Crippen molar-refractivity contribution >= 4 is 35.7 Å². The van der Waals surface area contributed by atoms with Crippen molar-refractivity contribution in [1.82, 2.24) is 4.90 Å². The summed E-state index contributed by atoms with van der Waals surface area (Å²) < 4.78 is 41.5. The minimum Gasteiger partial charge on any atom is -0.496 e. The van der Waals surface area contributed by atoms with Crippen LogP contribution in [0, 0.1) is 11.3 Å². The number of carbonyl (C=O) groups excluding carboxylic acids is 3. The first-order chi connectivity index (χ1) is 25.0. The highest BCUT2D eigenvalue weighted by atomic mass is 32.2. The summed E-state index contributed by atoms with van der Waals surface area (Å²) >= 11 is 1.69. The number of methoxy groups -OCH3 is 4. The van der Waals surface area contributed by atoms with Crippen molar-refractivity contribution in [2.24, 2.45) is 11.3 Å². The molecule has 3 aromatic rings. The van der Waals surface area contributed by atoms with E-state index in [4.69, 9.17) is 23.7 Å². The molecule has 3 aromatic carbocycles. The van der Waals surface area contributed by atoms with Crippen LogP contribution in [0.5, 0.6) is 23.0 Å². The van der Waals surface area contributed by atoms with Crippen LogP contribution in [0.25, 0.3) is 0 Å². The first-order valence-corrected chi connectivity index (χ1v) is 20.7. The zero-order valence-corrected chi connectivity index (χ0v) is 34.8. The number of thioether (sulfide) groups is 1. The molecule has 290 valence electrons. The highest BCUT2D eigenvalue weighted by Gasteiger charge is 2.46. The molecule has 0 saturated carbocycles. The van der Waals surface area contributed by atoms with Gasteiger partial charge in [-0.25, -0.2) is 0 Å². The van der Waals surface area contributed by atoms with E-state index in [9.17, 15) is 18.9 Å². The zero-order valence-electron chi connectivity index (χ0n) is 33.1.